The molecule has 35 heavy (non-hydrogen) atoms. The van der Waals surface area contributed by atoms with Crippen LogP contribution >= 0.6 is 11.6 Å². The summed E-state index contributed by atoms with van der Waals surface area (Å²) < 4.78 is 58.7. The number of hydrazine groups is 1. The molecule has 2 aromatic heterocycles. The van der Waals surface area contributed by atoms with Crippen molar-refractivity contribution >= 4 is 23.5 Å². The van der Waals surface area contributed by atoms with Crippen LogP contribution < -0.4 is 20.9 Å². The molecule has 3 rings (SSSR count). The van der Waals surface area contributed by atoms with Gasteiger partial charge in [-0.3, -0.25) is 15.2 Å². The molecule has 0 saturated carbocycles. The first-order valence-corrected chi connectivity index (χ1v) is 10.2. The second-order valence-electron chi connectivity index (χ2n) is 6.90. The van der Waals surface area contributed by atoms with E-state index in [1.165, 1.54) is 18.5 Å². The summed E-state index contributed by atoms with van der Waals surface area (Å²) in [5.74, 6) is -2.63. The molecule has 2 heterocycles. The maximum Gasteiger partial charge on any atom is 0.333 e. The number of urea groups is 1. The number of alkyl halides is 2. The molecule has 1 aromatic carbocycles. The Labute approximate surface area is 200 Å². The van der Waals surface area contributed by atoms with Crippen LogP contribution in [-0.4, -0.2) is 39.9 Å². The van der Waals surface area contributed by atoms with Gasteiger partial charge in [0.15, 0.2) is 11.6 Å². The van der Waals surface area contributed by atoms with Gasteiger partial charge in [-0.05, 0) is 25.1 Å². The van der Waals surface area contributed by atoms with E-state index >= 15 is 0 Å². The third-order valence-corrected chi connectivity index (χ3v) is 4.56. The molecule has 0 unspecified atom stereocenters. The van der Waals surface area contributed by atoms with Crippen molar-refractivity contribution in [1.29, 1.82) is 0 Å². The first-order valence-electron chi connectivity index (χ1n) is 9.81. The van der Waals surface area contributed by atoms with E-state index in [4.69, 9.17) is 16.3 Å². The van der Waals surface area contributed by atoms with Crippen molar-refractivity contribution in [1.82, 2.24) is 31.1 Å². The molecule has 0 radical (unpaired) electrons. The van der Waals surface area contributed by atoms with Gasteiger partial charge >= 0.3 is 6.03 Å². The molecule has 0 bridgehead atoms. The average molecular weight is 513 g/mol. The number of benzene rings is 1. The van der Waals surface area contributed by atoms with Gasteiger partial charge in [0.05, 0.1) is 17.8 Å². The van der Waals surface area contributed by atoms with Crippen LogP contribution in [0.25, 0.3) is 11.1 Å². The first kappa shape index (κ1) is 25.6. The van der Waals surface area contributed by atoms with Crippen molar-refractivity contribution in [2.24, 2.45) is 0 Å². The smallest absolute Gasteiger partial charge is 0.333 e. The largest absolute Gasteiger partial charge is 0.484 e. The van der Waals surface area contributed by atoms with E-state index in [0.717, 1.165) is 18.3 Å². The Hall–Kier alpha value is -4.00. The second-order valence-corrected chi connectivity index (χ2v) is 7.34. The van der Waals surface area contributed by atoms with Crippen molar-refractivity contribution in [3.8, 4) is 16.9 Å². The molecule has 14 heteroatoms. The first-order chi connectivity index (χ1) is 16.6. The maximum atomic E-state index is 14.6. The Kier molecular flexibility index (Phi) is 8.36. The Morgan fingerprint density at radius 1 is 1.03 bits per heavy atom. The van der Waals surface area contributed by atoms with Crippen LogP contribution in [0.5, 0.6) is 5.75 Å². The number of ether oxygens (including phenoxy) is 1. The number of nitrogens with zero attached hydrogens (tertiary/aromatic N) is 3. The van der Waals surface area contributed by atoms with Gasteiger partial charge in [-0.2, -0.15) is 0 Å². The number of halogens is 5. The highest BCUT2D eigenvalue weighted by molar-refractivity contribution is 6.31. The third-order valence-electron chi connectivity index (χ3n) is 4.34. The summed E-state index contributed by atoms with van der Waals surface area (Å²) in [5, 5.41) is 2.22. The molecule has 0 saturated heterocycles. The van der Waals surface area contributed by atoms with Gasteiger partial charge in [0.2, 0.25) is 0 Å². The van der Waals surface area contributed by atoms with E-state index < -0.39 is 42.4 Å². The van der Waals surface area contributed by atoms with E-state index in [1.54, 1.807) is 6.92 Å². The molecule has 0 spiro atoms. The predicted molar refractivity (Wildman–Crippen MR) is 116 cm³/mol. The zero-order valence-electron chi connectivity index (χ0n) is 17.9. The summed E-state index contributed by atoms with van der Waals surface area (Å²) in [6.07, 6.45) is 0.821. The maximum absolute atomic E-state index is 14.6. The highest BCUT2D eigenvalue weighted by atomic mass is 35.5. The van der Waals surface area contributed by atoms with Crippen LogP contribution in [0, 0.1) is 18.6 Å². The molecular formula is C21H17ClF4N6O3. The molecule has 0 fully saturated rings. The Morgan fingerprint density at radius 3 is 2.40 bits per heavy atom. The van der Waals surface area contributed by atoms with Gasteiger partial charge in [0.1, 0.15) is 18.2 Å². The van der Waals surface area contributed by atoms with Gasteiger partial charge in [0.25, 0.3) is 12.3 Å². The Bertz CT molecular complexity index is 1230. The van der Waals surface area contributed by atoms with Gasteiger partial charge in [-0.25, -0.2) is 37.7 Å². The monoisotopic (exact) mass is 512 g/mol. The fourth-order valence-corrected chi connectivity index (χ4v) is 2.92. The number of carbonyl (C=O) groups excluding carboxylic acids is 2. The van der Waals surface area contributed by atoms with Gasteiger partial charge in [-0.1, -0.05) is 11.6 Å². The van der Waals surface area contributed by atoms with Crippen LogP contribution in [0.2, 0.25) is 5.02 Å². The lowest BCUT2D eigenvalue weighted by Crippen LogP contribution is -2.46. The van der Waals surface area contributed by atoms with Gasteiger partial charge in [0, 0.05) is 34.7 Å². The molecule has 3 aromatic rings. The number of rotatable bonds is 7. The van der Waals surface area contributed by atoms with E-state index in [-0.39, 0.29) is 34.0 Å². The number of carbonyl (C=O) groups is 2. The second kappa shape index (κ2) is 11.4. The van der Waals surface area contributed by atoms with Crippen molar-refractivity contribution in [2.75, 3.05) is 6.61 Å². The molecule has 184 valence electrons. The van der Waals surface area contributed by atoms with Crippen LogP contribution in [0.1, 0.15) is 21.9 Å². The van der Waals surface area contributed by atoms with Crippen molar-refractivity contribution < 1.29 is 31.9 Å². The quantitative estimate of drug-likeness (QED) is 0.329. The summed E-state index contributed by atoms with van der Waals surface area (Å²) in [5.41, 5.74) is 4.04. The molecule has 3 amide bonds. The predicted octanol–water partition coefficient (Wildman–Crippen LogP) is 3.57. The van der Waals surface area contributed by atoms with Gasteiger partial charge < -0.3 is 10.1 Å². The van der Waals surface area contributed by atoms with Crippen LogP contribution in [0.4, 0.5) is 22.4 Å². The number of aromatic nitrogens is 3. The number of nitrogens with one attached hydrogen (secondary N) is 3. The Morgan fingerprint density at radius 2 is 1.74 bits per heavy atom. The van der Waals surface area contributed by atoms with E-state index in [2.05, 4.69) is 31.1 Å². The molecule has 0 aliphatic carbocycles. The number of hydrogen-bond donors (Lipinski definition) is 3. The molecule has 9 nitrogen and oxygen atoms in total. The lowest BCUT2D eigenvalue weighted by Gasteiger charge is -2.14. The standard InChI is InChI=1S/C21H17ClF4N6O3/c1-10-27-6-12(7-28-10)20(33)31-32-21(34)30-8-17-15(23)2-11(5-29-17)14-3-13(22)4-16(24)19(14)35-9-18(25)26/h2-7,18H,8-9H2,1H3,(H,31,33)(H2,30,32,34). The molecule has 0 atom stereocenters. The molecule has 0 aliphatic rings. The highest BCUT2D eigenvalue weighted by Crippen LogP contribution is 2.35. The third kappa shape index (κ3) is 6.99. The lowest BCUT2D eigenvalue weighted by molar-refractivity contribution is 0.0802. The number of aryl methyl sites for hydroxylation is 1. The zero-order chi connectivity index (χ0) is 25.5. The fourth-order valence-electron chi connectivity index (χ4n) is 2.72. The minimum absolute atomic E-state index is 0.00829. The zero-order valence-corrected chi connectivity index (χ0v) is 18.7. The molecular weight excluding hydrogens is 496 g/mol. The fraction of sp³-hybridized carbons (Fsp3) is 0.190. The number of hydrogen-bond acceptors (Lipinski definition) is 6. The minimum atomic E-state index is -2.86. The van der Waals surface area contributed by atoms with E-state index in [9.17, 15) is 27.2 Å². The summed E-state index contributed by atoms with van der Waals surface area (Å²) in [4.78, 5) is 35.4. The van der Waals surface area contributed by atoms with Crippen molar-refractivity contribution in [3.63, 3.8) is 0 Å². The SMILES string of the molecule is Cc1ncc(C(=O)NNC(=O)NCc2ncc(-c3cc(Cl)cc(F)c3OCC(F)F)cc2F)cn1. The highest BCUT2D eigenvalue weighted by Gasteiger charge is 2.18. The van der Waals surface area contributed by atoms with Crippen molar-refractivity contribution in [2.45, 2.75) is 19.9 Å². The number of amides is 3. The number of pyridine rings is 1. The average Bonchev–Trinajstić information content (AvgIpc) is 2.81. The normalized spacial score (nSPS) is 10.7. The Balaban J connectivity index is 1.64. The van der Waals surface area contributed by atoms with Crippen molar-refractivity contribution in [3.05, 3.63) is 70.5 Å². The van der Waals surface area contributed by atoms with Gasteiger partial charge in [-0.15, -0.1) is 0 Å². The summed E-state index contributed by atoms with van der Waals surface area (Å²) in [6, 6.07) is 2.18. The van der Waals surface area contributed by atoms with E-state index in [1.807, 2.05) is 0 Å². The topological polar surface area (TPSA) is 118 Å². The molecule has 3 N–H and O–H groups in total. The minimum Gasteiger partial charge on any atom is -0.484 e. The van der Waals surface area contributed by atoms with Crippen LogP contribution in [-0.2, 0) is 6.54 Å². The summed E-state index contributed by atoms with van der Waals surface area (Å²) in [6.45, 7) is 0.187. The lowest BCUT2D eigenvalue weighted by atomic mass is 10.1. The van der Waals surface area contributed by atoms with E-state index in [0.29, 0.717) is 5.82 Å². The summed E-state index contributed by atoms with van der Waals surface area (Å²) in [7, 11) is 0. The molecule has 0 aliphatic heterocycles. The summed E-state index contributed by atoms with van der Waals surface area (Å²) >= 11 is 5.84. The van der Waals surface area contributed by atoms with Crippen LogP contribution in [0.15, 0.2) is 36.8 Å². The van der Waals surface area contributed by atoms with Crippen LogP contribution in [0.3, 0.4) is 0 Å².